The maximum absolute atomic E-state index is 11.9. The van der Waals surface area contributed by atoms with Gasteiger partial charge in [0.15, 0.2) is 5.78 Å². The zero-order valence-electron chi connectivity index (χ0n) is 12.1. The van der Waals surface area contributed by atoms with Crippen molar-refractivity contribution in [2.75, 3.05) is 30.8 Å². The number of nitrogens with one attached hydrogen (secondary N) is 1. The lowest BCUT2D eigenvalue weighted by molar-refractivity contribution is 0.101. The Kier molecular flexibility index (Phi) is 5.71. The molecule has 0 aliphatic heterocycles. The molecule has 0 aromatic heterocycles. The SMILES string of the molecule is COC(=O)NCCN(c1cccc(C(C)=O)c1)S(C)(=O)=O. The molecule has 1 aromatic carbocycles. The molecule has 0 aliphatic rings. The number of amides is 1. The van der Waals surface area contributed by atoms with Gasteiger partial charge in [0.2, 0.25) is 10.0 Å². The van der Waals surface area contributed by atoms with E-state index in [1.54, 1.807) is 18.2 Å². The van der Waals surface area contributed by atoms with Gasteiger partial charge in [0.25, 0.3) is 0 Å². The molecule has 0 fully saturated rings. The highest BCUT2D eigenvalue weighted by atomic mass is 32.2. The fourth-order valence-corrected chi connectivity index (χ4v) is 2.62. The molecule has 21 heavy (non-hydrogen) atoms. The summed E-state index contributed by atoms with van der Waals surface area (Å²) in [5, 5.41) is 2.41. The first-order valence-electron chi connectivity index (χ1n) is 6.16. The van der Waals surface area contributed by atoms with Gasteiger partial charge in [-0.3, -0.25) is 9.10 Å². The lowest BCUT2D eigenvalue weighted by Gasteiger charge is -2.22. The Morgan fingerprint density at radius 2 is 2.00 bits per heavy atom. The molecular formula is C13H18N2O5S. The molecule has 1 N–H and O–H groups in total. The highest BCUT2D eigenvalue weighted by Gasteiger charge is 2.18. The van der Waals surface area contributed by atoms with Crippen LogP contribution in [0, 0.1) is 0 Å². The number of methoxy groups -OCH3 is 1. The third-order valence-electron chi connectivity index (χ3n) is 2.71. The summed E-state index contributed by atoms with van der Waals surface area (Å²) in [6.07, 6.45) is 0.423. The van der Waals surface area contributed by atoms with Gasteiger partial charge in [0.1, 0.15) is 0 Å². The number of carbonyl (C=O) groups is 2. The second-order valence-corrected chi connectivity index (χ2v) is 6.27. The Bertz CT molecular complexity index is 627. The van der Waals surface area contributed by atoms with Crippen molar-refractivity contribution >= 4 is 27.6 Å². The maximum Gasteiger partial charge on any atom is 0.406 e. The van der Waals surface area contributed by atoms with Crippen molar-refractivity contribution in [1.82, 2.24) is 5.32 Å². The molecule has 0 saturated heterocycles. The maximum atomic E-state index is 11.9. The van der Waals surface area contributed by atoms with E-state index in [0.29, 0.717) is 11.3 Å². The lowest BCUT2D eigenvalue weighted by atomic mass is 10.1. The molecule has 0 radical (unpaired) electrons. The second-order valence-electron chi connectivity index (χ2n) is 4.36. The normalized spacial score (nSPS) is 10.8. The number of nitrogens with zero attached hydrogens (tertiary/aromatic N) is 1. The van der Waals surface area contributed by atoms with Gasteiger partial charge in [-0.05, 0) is 19.1 Å². The summed E-state index contributed by atoms with van der Waals surface area (Å²) in [6, 6.07) is 6.31. The third-order valence-corrected chi connectivity index (χ3v) is 3.90. The predicted octanol–water partition coefficient (Wildman–Crippen LogP) is 1.01. The smallest absolute Gasteiger partial charge is 0.406 e. The van der Waals surface area contributed by atoms with Crippen LogP contribution >= 0.6 is 0 Å². The highest BCUT2D eigenvalue weighted by molar-refractivity contribution is 7.92. The van der Waals surface area contributed by atoms with E-state index >= 15 is 0 Å². The third kappa shape index (κ3) is 5.07. The van der Waals surface area contributed by atoms with Crippen LogP contribution in [0.1, 0.15) is 17.3 Å². The van der Waals surface area contributed by atoms with Gasteiger partial charge in [-0.25, -0.2) is 13.2 Å². The van der Waals surface area contributed by atoms with E-state index in [0.717, 1.165) is 10.6 Å². The molecule has 1 rings (SSSR count). The van der Waals surface area contributed by atoms with Crippen LogP contribution in [0.25, 0.3) is 0 Å². The number of hydrogen-bond donors (Lipinski definition) is 1. The summed E-state index contributed by atoms with van der Waals surface area (Å²) in [7, 11) is -2.31. The van der Waals surface area contributed by atoms with Crippen molar-refractivity contribution in [3.8, 4) is 0 Å². The molecule has 116 valence electrons. The Labute approximate surface area is 123 Å². The van der Waals surface area contributed by atoms with E-state index in [1.165, 1.54) is 20.1 Å². The molecule has 0 unspecified atom stereocenters. The second kappa shape index (κ2) is 7.07. The Morgan fingerprint density at radius 1 is 1.33 bits per heavy atom. The number of Topliss-reactive ketones (excluding diaryl/α,β-unsaturated/α-hetero) is 1. The summed E-state index contributed by atoms with van der Waals surface area (Å²) in [5.41, 5.74) is 0.791. The van der Waals surface area contributed by atoms with Crippen molar-refractivity contribution in [2.24, 2.45) is 0 Å². The predicted molar refractivity (Wildman–Crippen MR) is 79.0 cm³/mol. The molecule has 0 aliphatic carbocycles. The van der Waals surface area contributed by atoms with Crippen LogP contribution in [-0.2, 0) is 14.8 Å². The highest BCUT2D eigenvalue weighted by Crippen LogP contribution is 2.19. The number of rotatable bonds is 6. The summed E-state index contributed by atoms with van der Waals surface area (Å²) >= 11 is 0. The minimum atomic E-state index is -3.54. The zero-order chi connectivity index (χ0) is 16.0. The molecule has 8 heteroatoms. The first-order valence-corrected chi connectivity index (χ1v) is 8.01. The van der Waals surface area contributed by atoms with Crippen LogP contribution in [-0.4, -0.2) is 46.7 Å². The van der Waals surface area contributed by atoms with Crippen LogP contribution in [0.15, 0.2) is 24.3 Å². The monoisotopic (exact) mass is 314 g/mol. The lowest BCUT2D eigenvalue weighted by Crippen LogP contribution is -2.38. The summed E-state index contributed by atoms with van der Waals surface area (Å²) < 4.78 is 29.2. The van der Waals surface area contributed by atoms with Crippen LogP contribution in [0.5, 0.6) is 0 Å². The van der Waals surface area contributed by atoms with Gasteiger partial charge in [0, 0.05) is 12.1 Å². The quantitative estimate of drug-likeness (QED) is 0.791. The van der Waals surface area contributed by atoms with Crippen molar-refractivity contribution in [3.05, 3.63) is 29.8 Å². The van der Waals surface area contributed by atoms with Crippen LogP contribution < -0.4 is 9.62 Å². The molecular weight excluding hydrogens is 296 g/mol. The average molecular weight is 314 g/mol. The van der Waals surface area contributed by atoms with Crippen molar-refractivity contribution in [1.29, 1.82) is 0 Å². The molecule has 0 atom stereocenters. The summed E-state index contributed by atoms with van der Waals surface area (Å²) in [6.45, 7) is 1.53. The Balaban J connectivity index is 2.96. The van der Waals surface area contributed by atoms with E-state index in [9.17, 15) is 18.0 Å². The first-order chi connectivity index (χ1) is 9.75. The number of ether oxygens (including phenoxy) is 1. The molecule has 7 nitrogen and oxygen atoms in total. The number of hydrogen-bond acceptors (Lipinski definition) is 5. The van der Waals surface area contributed by atoms with Gasteiger partial charge in [-0.2, -0.15) is 0 Å². The van der Waals surface area contributed by atoms with Gasteiger partial charge in [-0.15, -0.1) is 0 Å². The minimum Gasteiger partial charge on any atom is -0.453 e. The van der Waals surface area contributed by atoms with E-state index in [4.69, 9.17) is 0 Å². The van der Waals surface area contributed by atoms with Gasteiger partial charge >= 0.3 is 6.09 Å². The number of carbonyl (C=O) groups excluding carboxylic acids is 2. The summed E-state index contributed by atoms with van der Waals surface area (Å²) in [4.78, 5) is 22.3. The average Bonchev–Trinajstić information content (AvgIpc) is 2.42. The molecule has 0 bridgehead atoms. The summed E-state index contributed by atoms with van der Waals surface area (Å²) in [5.74, 6) is -0.155. The van der Waals surface area contributed by atoms with Crippen molar-refractivity contribution < 1.29 is 22.7 Å². The minimum absolute atomic E-state index is 0.0370. The topological polar surface area (TPSA) is 92.8 Å². The molecule has 1 aromatic rings. The largest absolute Gasteiger partial charge is 0.453 e. The number of alkyl carbamates (subject to hydrolysis) is 1. The van der Waals surface area contributed by atoms with E-state index in [-0.39, 0.29) is 18.9 Å². The molecule has 0 heterocycles. The molecule has 1 amide bonds. The van der Waals surface area contributed by atoms with E-state index in [2.05, 4.69) is 10.1 Å². The standard InChI is InChI=1S/C13H18N2O5S/c1-10(16)11-5-4-6-12(9-11)15(21(3,18)19)8-7-14-13(17)20-2/h4-6,9H,7-8H2,1-3H3,(H,14,17). The van der Waals surface area contributed by atoms with E-state index in [1.807, 2.05) is 0 Å². The Hall–Kier alpha value is -2.09. The van der Waals surface area contributed by atoms with E-state index < -0.39 is 16.1 Å². The first kappa shape index (κ1) is 17.0. The van der Waals surface area contributed by atoms with Crippen LogP contribution in [0.2, 0.25) is 0 Å². The number of benzene rings is 1. The molecule has 0 spiro atoms. The van der Waals surface area contributed by atoms with Crippen molar-refractivity contribution in [2.45, 2.75) is 6.92 Å². The fraction of sp³-hybridized carbons (Fsp3) is 0.385. The molecule has 0 saturated carbocycles. The van der Waals surface area contributed by atoms with Gasteiger partial charge in [0.05, 0.1) is 25.6 Å². The number of sulfonamides is 1. The van der Waals surface area contributed by atoms with Gasteiger partial charge < -0.3 is 10.1 Å². The van der Waals surface area contributed by atoms with Crippen molar-refractivity contribution in [3.63, 3.8) is 0 Å². The number of ketones is 1. The van der Waals surface area contributed by atoms with Crippen LogP contribution in [0.3, 0.4) is 0 Å². The zero-order valence-corrected chi connectivity index (χ0v) is 12.9. The van der Waals surface area contributed by atoms with Gasteiger partial charge in [-0.1, -0.05) is 12.1 Å². The fourth-order valence-electron chi connectivity index (χ4n) is 1.70. The Morgan fingerprint density at radius 3 is 2.52 bits per heavy atom. The number of anilines is 1. The van der Waals surface area contributed by atoms with Crippen LogP contribution in [0.4, 0.5) is 10.5 Å².